The first-order chi connectivity index (χ1) is 13.0. The molecule has 0 fully saturated rings. The third-order valence-electron chi connectivity index (χ3n) is 4.51. The van der Waals surface area contributed by atoms with E-state index in [1.54, 1.807) is 4.52 Å². The maximum atomic E-state index is 12.5. The Labute approximate surface area is 156 Å². The van der Waals surface area contributed by atoms with Gasteiger partial charge in [-0.1, -0.05) is 30.3 Å². The number of aryl methyl sites for hydroxylation is 2. The van der Waals surface area contributed by atoms with Gasteiger partial charge >= 0.3 is 5.97 Å². The maximum absolute atomic E-state index is 12.5. The Morgan fingerprint density at radius 3 is 2.67 bits per heavy atom. The van der Waals surface area contributed by atoms with Crippen molar-refractivity contribution < 1.29 is 14.7 Å². The van der Waals surface area contributed by atoms with Crippen LogP contribution in [0.3, 0.4) is 0 Å². The minimum Gasteiger partial charge on any atom is -0.481 e. The molecule has 2 N–H and O–H groups in total. The number of carbonyl (C=O) groups excluding carboxylic acids is 1. The second kappa shape index (κ2) is 7.94. The van der Waals surface area contributed by atoms with Crippen molar-refractivity contribution in [2.24, 2.45) is 0 Å². The molecular weight excluding hydrogens is 346 g/mol. The van der Waals surface area contributed by atoms with Gasteiger partial charge in [-0.15, -0.1) is 0 Å². The van der Waals surface area contributed by atoms with Crippen LogP contribution in [-0.2, 0) is 16.0 Å². The van der Waals surface area contributed by atoms with Gasteiger partial charge in [0, 0.05) is 17.8 Å². The third kappa shape index (κ3) is 4.28. The van der Waals surface area contributed by atoms with Gasteiger partial charge in [-0.05, 0) is 31.4 Å². The van der Waals surface area contributed by atoms with Crippen LogP contribution in [0.4, 0.5) is 0 Å². The molecule has 8 heteroatoms. The standard InChI is InChI=1S/C19H21N5O3/c1-12-15(13(2)24-19(22-12)20-11-21-24)8-9-17(25)23-16(10-18(26)27)14-6-4-3-5-7-14/h3-7,11,16H,8-10H2,1-2H3,(H,23,25)(H,26,27). The average molecular weight is 367 g/mol. The highest BCUT2D eigenvalue weighted by atomic mass is 16.4. The van der Waals surface area contributed by atoms with Gasteiger partial charge < -0.3 is 10.4 Å². The Kier molecular flexibility index (Phi) is 5.44. The van der Waals surface area contributed by atoms with E-state index in [-0.39, 0.29) is 18.7 Å². The quantitative estimate of drug-likeness (QED) is 0.661. The topological polar surface area (TPSA) is 109 Å². The molecule has 0 saturated carbocycles. The van der Waals surface area contributed by atoms with Gasteiger partial charge in [0.05, 0.1) is 12.5 Å². The van der Waals surface area contributed by atoms with Crippen LogP contribution < -0.4 is 5.32 Å². The normalized spacial score (nSPS) is 12.1. The van der Waals surface area contributed by atoms with Crippen LogP contribution in [0.5, 0.6) is 0 Å². The van der Waals surface area contributed by atoms with Gasteiger partial charge in [0.1, 0.15) is 6.33 Å². The molecule has 8 nitrogen and oxygen atoms in total. The lowest BCUT2D eigenvalue weighted by molar-refractivity contribution is -0.137. The van der Waals surface area contributed by atoms with Crippen molar-refractivity contribution in [2.75, 3.05) is 0 Å². The average Bonchev–Trinajstić information content (AvgIpc) is 3.10. The van der Waals surface area contributed by atoms with Crippen LogP contribution >= 0.6 is 0 Å². The summed E-state index contributed by atoms with van der Waals surface area (Å²) in [4.78, 5) is 32.1. The first kappa shape index (κ1) is 18.5. The summed E-state index contributed by atoms with van der Waals surface area (Å²) >= 11 is 0. The van der Waals surface area contributed by atoms with Gasteiger partial charge in [0.15, 0.2) is 0 Å². The van der Waals surface area contributed by atoms with E-state index in [1.807, 2.05) is 44.2 Å². The molecule has 0 bridgehead atoms. The zero-order chi connectivity index (χ0) is 19.4. The number of benzene rings is 1. The molecule has 0 aliphatic carbocycles. The van der Waals surface area contributed by atoms with Crippen molar-refractivity contribution in [1.29, 1.82) is 0 Å². The summed E-state index contributed by atoms with van der Waals surface area (Å²) in [6, 6.07) is 8.55. The van der Waals surface area contributed by atoms with E-state index in [4.69, 9.17) is 5.11 Å². The first-order valence-corrected chi connectivity index (χ1v) is 8.67. The number of carbonyl (C=O) groups is 2. The number of fused-ring (bicyclic) bond motifs is 1. The van der Waals surface area contributed by atoms with E-state index in [9.17, 15) is 9.59 Å². The number of nitrogens with one attached hydrogen (secondary N) is 1. The summed E-state index contributed by atoms with van der Waals surface area (Å²) in [6.45, 7) is 3.80. The van der Waals surface area contributed by atoms with Crippen molar-refractivity contribution in [3.63, 3.8) is 0 Å². The molecule has 140 valence electrons. The molecule has 0 spiro atoms. The number of nitrogens with zero attached hydrogens (tertiary/aromatic N) is 4. The van der Waals surface area contributed by atoms with Crippen LogP contribution in [0.25, 0.3) is 5.78 Å². The number of rotatable bonds is 7. The largest absolute Gasteiger partial charge is 0.481 e. The lowest BCUT2D eigenvalue weighted by Crippen LogP contribution is -2.30. The second-order valence-electron chi connectivity index (χ2n) is 6.36. The molecule has 27 heavy (non-hydrogen) atoms. The number of hydrogen-bond donors (Lipinski definition) is 2. The fourth-order valence-electron chi connectivity index (χ4n) is 3.13. The predicted molar refractivity (Wildman–Crippen MR) is 98.2 cm³/mol. The molecule has 1 aromatic carbocycles. The highest BCUT2D eigenvalue weighted by Gasteiger charge is 2.19. The van der Waals surface area contributed by atoms with Gasteiger partial charge in [0.25, 0.3) is 5.78 Å². The Hall–Kier alpha value is -3.29. The van der Waals surface area contributed by atoms with Crippen LogP contribution in [0.15, 0.2) is 36.7 Å². The molecule has 1 atom stereocenters. The minimum atomic E-state index is -0.961. The molecule has 0 aliphatic heterocycles. The van der Waals surface area contributed by atoms with E-state index >= 15 is 0 Å². The van der Waals surface area contributed by atoms with E-state index in [1.165, 1.54) is 6.33 Å². The van der Waals surface area contributed by atoms with Crippen molar-refractivity contribution in [1.82, 2.24) is 24.9 Å². The first-order valence-electron chi connectivity index (χ1n) is 8.67. The van der Waals surface area contributed by atoms with Crippen LogP contribution in [-0.4, -0.2) is 36.6 Å². The summed E-state index contributed by atoms with van der Waals surface area (Å²) in [5.74, 6) is -0.636. The Balaban J connectivity index is 1.70. The van der Waals surface area contributed by atoms with E-state index in [0.29, 0.717) is 12.2 Å². The number of aromatic nitrogens is 4. The van der Waals surface area contributed by atoms with Gasteiger partial charge in [0.2, 0.25) is 5.91 Å². The Morgan fingerprint density at radius 2 is 1.96 bits per heavy atom. The highest BCUT2D eigenvalue weighted by Crippen LogP contribution is 2.18. The minimum absolute atomic E-state index is 0.166. The van der Waals surface area contributed by atoms with Crippen LogP contribution in [0.2, 0.25) is 0 Å². The predicted octanol–water partition coefficient (Wildman–Crippen LogP) is 2.01. The molecule has 2 aromatic heterocycles. The number of hydrogen-bond acceptors (Lipinski definition) is 5. The molecule has 3 rings (SSSR count). The fourth-order valence-corrected chi connectivity index (χ4v) is 3.13. The third-order valence-corrected chi connectivity index (χ3v) is 4.51. The molecule has 2 heterocycles. The molecule has 0 aliphatic rings. The van der Waals surface area contributed by atoms with Crippen LogP contribution in [0, 0.1) is 13.8 Å². The zero-order valence-electron chi connectivity index (χ0n) is 15.2. The van der Waals surface area contributed by atoms with E-state index in [0.717, 1.165) is 22.5 Å². The van der Waals surface area contributed by atoms with Gasteiger partial charge in [-0.25, -0.2) is 9.50 Å². The maximum Gasteiger partial charge on any atom is 0.305 e. The Bertz CT molecular complexity index is 968. The fraction of sp³-hybridized carbons (Fsp3) is 0.316. The molecule has 1 unspecified atom stereocenters. The van der Waals surface area contributed by atoms with E-state index < -0.39 is 12.0 Å². The number of amides is 1. The number of carboxylic acid groups (broad SMARTS) is 1. The lowest BCUT2D eigenvalue weighted by atomic mass is 10.0. The molecule has 0 saturated heterocycles. The van der Waals surface area contributed by atoms with Crippen molar-refractivity contribution in [3.8, 4) is 0 Å². The second-order valence-corrected chi connectivity index (χ2v) is 6.36. The van der Waals surface area contributed by atoms with Crippen LogP contribution in [0.1, 0.15) is 41.4 Å². The summed E-state index contributed by atoms with van der Waals surface area (Å²) < 4.78 is 1.65. The lowest BCUT2D eigenvalue weighted by Gasteiger charge is -2.18. The SMILES string of the molecule is Cc1nc2ncnn2c(C)c1CCC(=O)NC(CC(=O)O)c1ccccc1. The summed E-state index contributed by atoms with van der Waals surface area (Å²) in [6.07, 6.45) is 2.00. The molecular formula is C19H21N5O3. The monoisotopic (exact) mass is 367 g/mol. The molecule has 1 amide bonds. The molecule has 3 aromatic rings. The number of aliphatic carboxylic acids is 1. The van der Waals surface area contributed by atoms with Gasteiger partial charge in [-0.3, -0.25) is 9.59 Å². The van der Waals surface area contributed by atoms with Gasteiger partial charge in [-0.2, -0.15) is 10.1 Å². The zero-order valence-corrected chi connectivity index (χ0v) is 15.2. The van der Waals surface area contributed by atoms with Crippen molar-refractivity contribution in [2.45, 2.75) is 39.2 Å². The highest BCUT2D eigenvalue weighted by molar-refractivity contribution is 5.78. The summed E-state index contributed by atoms with van der Waals surface area (Å²) in [5, 5.41) is 16.1. The van der Waals surface area contributed by atoms with Crippen molar-refractivity contribution in [3.05, 3.63) is 59.2 Å². The van der Waals surface area contributed by atoms with Crippen molar-refractivity contribution >= 4 is 17.7 Å². The van der Waals surface area contributed by atoms with E-state index in [2.05, 4.69) is 20.4 Å². The molecule has 0 radical (unpaired) electrons. The number of carboxylic acids is 1. The Morgan fingerprint density at radius 1 is 1.22 bits per heavy atom. The smallest absolute Gasteiger partial charge is 0.305 e. The summed E-state index contributed by atoms with van der Waals surface area (Å²) in [7, 11) is 0. The summed E-state index contributed by atoms with van der Waals surface area (Å²) in [5.41, 5.74) is 3.42.